The van der Waals surface area contributed by atoms with Crippen LogP contribution in [0.5, 0.6) is 0 Å². The van der Waals surface area contributed by atoms with Crippen molar-refractivity contribution in [2.45, 2.75) is 26.3 Å². The van der Waals surface area contributed by atoms with Crippen molar-refractivity contribution in [2.75, 3.05) is 11.9 Å². The Bertz CT molecular complexity index is 835. The summed E-state index contributed by atoms with van der Waals surface area (Å²) in [6.45, 7) is 6.47. The van der Waals surface area contributed by atoms with Crippen LogP contribution in [-0.2, 0) is 0 Å². The van der Waals surface area contributed by atoms with E-state index in [1.165, 1.54) is 17.7 Å². The molecule has 0 saturated carbocycles. The molecule has 0 amide bonds. The van der Waals surface area contributed by atoms with Gasteiger partial charge in [-0.15, -0.1) is 0 Å². The molecule has 124 valence electrons. The molecule has 24 heavy (non-hydrogen) atoms. The Morgan fingerprint density at radius 1 is 1.17 bits per heavy atom. The van der Waals surface area contributed by atoms with Gasteiger partial charge in [-0.25, -0.2) is 4.39 Å². The van der Waals surface area contributed by atoms with Gasteiger partial charge < -0.3 is 4.90 Å². The van der Waals surface area contributed by atoms with Gasteiger partial charge in [-0.3, -0.25) is 4.99 Å². The summed E-state index contributed by atoms with van der Waals surface area (Å²) in [5.41, 5.74) is 4.98. The van der Waals surface area contributed by atoms with Crippen molar-refractivity contribution in [1.82, 2.24) is 0 Å². The molecule has 0 spiro atoms. The molecule has 0 atom stereocenters. The first-order valence-electron chi connectivity index (χ1n) is 7.85. The summed E-state index contributed by atoms with van der Waals surface area (Å²) in [6.07, 6.45) is 3.98. The molecule has 1 aliphatic rings. The molecule has 4 heteroatoms. The quantitative estimate of drug-likeness (QED) is 0.624. The van der Waals surface area contributed by atoms with E-state index < -0.39 is 0 Å². The second-order valence-electron chi connectivity index (χ2n) is 6.67. The lowest BCUT2D eigenvalue weighted by Gasteiger charge is -2.40. The molecule has 1 aliphatic heterocycles. The maximum absolute atomic E-state index is 13.0. The fourth-order valence-corrected chi connectivity index (χ4v) is 3.16. The molecule has 0 bridgehead atoms. The lowest BCUT2D eigenvalue weighted by Crippen LogP contribution is -2.42. The lowest BCUT2D eigenvalue weighted by atomic mass is 9.88. The predicted octanol–water partition coefficient (Wildman–Crippen LogP) is 5.86. The second-order valence-corrected chi connectivity index (χ2v) is 7.07. The van der Waals surface area contributed by atoms with Crippen LogP contribution in [0.2, 0.25) is 5.02 Å². The number of nitrogens with zero attached hydrogens (tertiary/aromatic N) is 2. The van der Waals surface area contributed by atoms with Crippen LogP contribution in [0.25, 0.3) is 5.57 Å². The Hall–Kier alpha value is -2.13. The monoisotopic (exact) mass is 342 g/mol. The standard InChI is InChI=1S/C20H20ClFN2/c1-13-11-20(2,3)24(4)19-10-18(21)14(9-17(13)19)12-23-16-7-5-15(22)6-8-16/h5-12H,1-4H3. The Balaban J connectivity index is 2.00. The smallest absolute Gasteiger partial charge is 0.123 e. The first-order chi connectivity index (χ1) is 11.3. The minimum absolute atomic E-state index is 0.0515. The molecule has 2 nitrogen and oxygen atoms in total. The van der Waals surface area contributed by atoms with Crippen LogP contribution in [0.3, 0.4) is 0 Å². The van der Waals surface area contributed by atoms with Crippen LogP contribution in [0.1, 0.15) is 31.9 Å². The summed E-state index contributed by atoms with van der Waals surface area (Å²) < 4.78 is 13.0. The zero-order valence-corrected chi connectivity index (χ0v) is 15.0. The van der Waals surface area contributed by atoms with Gasteiger partial charge >= 0.3 is 0 Å². The van der Waals surface area contributed by atoms with Crippen LogP contribution in [-0.4, -0.2) is 18.8 Å². The third-order valence-electron chi connectivity index (χ3n) is 4.51. The van der Waals surface area contributed by atoms with Crippen LogP contribution in [0.4, 0.5) is 15.8 Å². The van der Waals surface area contributed by atoms with E-state index in [0.29, 0.717) is 10.7 Å². The number of hydrogen-bond acceptors (Lipinski definition) is 2. The van der Waals surface area contributed by atoms with Crippen molar-refractivity contribution in [3.8, 4) is 0 Å². The Morgan fingerprint density at radius 3 is 2.50 bits per heavy atom. The van der Waals surface area contributed by atoms with E-state index in [1.807, 2.05) is 6.07 Å². The highest BCUT2D eigenvalue weighted by molar-refractivity contribution is 6.33. The highest BCUT2D eigenvalue weighted by Gasteiger charge is 2.28. The van der Waals surface area contributed by atoms with Gasteiger partial charge in [0.2, 0.25) is 0 Å². The predicted molar refractivity (Wildman–Crippen MR) is 101 cm³/mol. The van der Waals surface area contributed by atoms with Gasteiger partial charge in [-0.05, 0) is 62.7 Å². The summed E-state index contributed by atoms with van der Waals surface area (Å²) in [5, 5.41) is 0.650. The second kappa shape index (κ2) is 6.06. The van der Waals surface area contributed by atoms with Gasteiger partial charge in [0, 0.05) is 30.1 Å². The van der Waals surface area contributed by atoms with Gasteiger partial charge in [0.1, 0.15) is 5.82 Å². The molecule has 1 heterocycles. The van der Waals surface area contributed by atoms with Crippen molar-refractivity contribution in [3.63, 3.8) is 0 Å². The number of anilines is 1. The number of rotatable bonds is 2. The molecule has 0 aliphatic carbocycles. The number of benzene rings is 2. The number of allylic oxidation sites excluding steroid dienone is 1. The van der Waals surface area contributed by atoms with E-state index in [9.17, 15) is 4.39 Å². The topological polar surface area (TPSA) is 15.6 Å². The summed E-state index contributed by atoms with van der Waals surface area (Å²) in [4.78, 5) is 6.62. The third kappa shape index (κ3) is 3.09. The Morgan fingerprint density at radius 2 is 1.83 bits per heavy atom. The number of fused-ring (bicyclic) bond motifs is 1. The van der Waals surface area contributed by atoms with Crippen LogP contribution >= 0.6 is 11.6 Å². The molecule has 0 unspecified atom stereocenters. The van der Waals surface area contributed by atoms with E-state index in [2.05, 4.69) is 49.9 Å². The van der Waals surface area contributed by atoms with Crippen LogP contribution in [0, 0.1) is 5.82 Å². The maximum atomic E-state index is 13.0. The molecular formula is C20H20ClFN2. The van der Waals surface area contributed by atoms with Crippen molar-refractivity contribution >= 4 is 34.8 Å². The zero-order chi connectivity index (χ0) is 17.5. The fourth-order valence-electron chi connectivity index (χ4n) is 2.96. The van der Waals surface area contributed by atoms with E-state index in [-0.39, 0.29) is 11.4 Å². The lowest BCUT2D eigenvalue weighted by molar-refractivity contribution is 0.598. The maximum Gasteiger partial charge on any atom is 0.123 e. The molecular weight excluding hydrogens is 323 g/mol. The molecule has 3 rings (SSSR count). The molecule has 0 aromatic heterocycles. The van der Waals surface area contributed by atoms with Gasteiger partial charge in [0.25, 0.3) is 0 Å². The van der Waals surface area contributed by atoms with E-state index in [1.54, 1.807) is 18.3 Å². The van der Waals surface area contributed by atoms with Crippen molar-refractivity contribution in [2.24, 2.45) is 4.99 Å². The van der Waals surface area contributed by atoms with Gasteiger partial charge in [-0.1, -0.05) is 17.7 Å². The molecule has 0 N–H and O–H groups in total. The number of aliphatic imine (C=N–C) groups is 1. The van der Waals surface area contributed by atoms with Gasteiger partial charge in [-0.2, -0.15) is 0 Å². The van der Waals surface area contributed by atoms with E-state index in [0.717, 1.165) is 16.8 Å². The molecule has 0 saturated heterocycles. The minimum Gasteiger partial charge on any atom is -0.365 e. The first kappa shape index (κ1) is 16.7. The Kier molecular flexibility index (Phi) is 4.22. The normalized spacial score (nSPS) is 16.2. The molecule has 2 aromatic rings. The SMILES string of the molecule is CC1=CC(C)(C)N(C)c2cc(Cl)c(C=Nc3ccc(F)cc3)cc21. The average molecular weight is 343 g/mol. The van der Waals surface area contributed by atoms with Crippen molar-refractivity contribution in [1.29, 1.82) is 0 Å². The van der Waals surface area contributed by atoms with Crippen molar-refractivity contribution in [3.05, 3.63) is 64.4 Å². The summed E-state index contributed by atoms with van der Waals surface area (Å²) in [6, 6.07) is 10.1. The molecule has 0 fully saturated rings. The summed E-state index contributed by atoms with van der Waals surface area (Å²) in [5.74, 6) is -0.271. The number of hydrogen-bond donors (Lipinski definition) is 0. The number of halogens is 2. The first-order valence-corrected chi connectivity index (χ1v) is 8.22. The van der Waals surface area contributed by atoms with Crippen molar-refractivity contribution < 1.29 is 4.39 Å². The Labute approximate surface area is 147 Å². The fraction of sp³-hybridized carbons (Fsp3) is 0.250. The van der Waals surface area contributed by atoms with E-state index >= 15 is 0 Å². The minimum atomic E-state index is -0.271. The average Bonchev–Trinajstić information content (AvgIpc) is 2.52. The van der Waals surface area contributed by atoms with Crippen LogP contribution in [0.15, 0.2) is 47.5 Å². The van der Waals surface area contributed by atoms with Gasteiger partial charge in [0.15, 0.2) is 0 Å². The molecule has 0 radical (unpaired) electrons. The zero-order valence-electron chi connectivity index (χ0n) is 14.3. The largest absolute Gasteiger partial charge is 0.365 e. The van der Waals surface area contributed by atoms with Crippen LogP contribution < -0.4 is 4.90 Å². The number of likely N-dealkylation sites (N-methyl/N-ethyl adjacent to an activating group) is 1. The highest BCUT2D eigenvalue weighted by Crippen LogP contribution is 2.40. The molecule has 2 aromatic carbocycles. The van der Waals surface area contributed by atoms with E-state index in [4.69, 9.17) is 11.6 Å². The third-order valence-corrected chi connectivity index (χ3v) is 4.84. The summed E-state index contributed by atoms with van der Waals surface area (Å²) >= 11 is 6.46. The highest BCUT2D eigenvalue weighted by atomic mass is 35.5. The van der Waals surface area contributed by atoms with Gasteiger partial charge in [0.05, 0.1) is 16.2 Å². The summed E-state index contributed by atoms with van der Waals surface area (Å²) in [7, 11) is 2.07.